The standard InChI is InChI=1S/C58H93NO19/c1-33-15-11-10-12-16-34(2)47(76-32-45(64)53(68)52(67)44(63)31-61)29-41-20-18-39(7)58(72,78-41)55(69)56(70)59-22-14-13-17-42(59)57(71)77-48(36(4)27-40-19-21-46(75-24-23-60)49(28-40)73-8)30-43(62)35(3)26-38(6)51(66)54(74-9)50(65)37(5)25-33/h10-12,15-16,26,33,35-37,39-42,44-49,51-54,60-61,63-64,66-68,72H,13-14,17-25,27-32H2,1-9H3/b12-10+,15-11+,34-16+,38-26+/t33-,35-,36-,37-,39-,40+,41+,42+,44?,45?,46-,47?,48+,49-,51-,52?,53?,54?,58-/m1/s1. The summed E-state index contributed by atoms with van der Waals surface area (Å²) in [7, 11) is 2.94. The van der Waals surface area contributed by atoms with Crippen LogP contribution >= 0.6 is 0 Å². The third kappa shape index (κ3) is 18.5. The van der Waals surface area contributed by atoms with E-state index in [1.54, 1.807) is 72.1 Å². The van der Waals surface area contributed by atoms with Crippen molar-refractivity contribution in [2.75, 3.05) is 47.2 Å². The zero-order valence-corrected chi connectivity index (χ0v) is 47.4. The number of hydrogen-bond donors (Lipinski definition) is 8. The summed E-state index contributed by atoms with van der Waals surface area (Å²) in [5, 5.41) is 83.9. The quantitative estimate of drug-likeness (QED) is 0.0664. The molecule has 0 spiro atoms. The van der Waals surface area contributed by atoms with Crippen molar-refractivity contribution >= 4 is 29.2 Å². The fourth-order valence-electron chi connectivity index (χ4n) is 11.3. The third-order valence-corrected chi connectivity index (χ3v) is 16.4. The molecule has 78 heavy (non-hydrogen) atoms. The Balaban J connectivity index is 1.73. The predicted octanol–water partition coefficient (Wildman–Crippen LogP) is 3.00. The van der Waals surface area contributed by atoms with Crippen LogP contribution in [0.4, 0.5) is 0 Å². The minimum absolute atomic E-state index is 0.00963. The van der Waals surface area contributed by atoms with Crippen LogP contribution in [0.5, 0.6) is 0 Å². The van der Waals surface area contributed by atoms with E-state index in [9.17, 15) is 64.8 Å². The fourth-order valence-corrected chi connectivity index (χ4v) is 11.3. The van der Waals surface area contributed by atoms with E-state index < -0.39 is 121 Å². The largest absolute Gasteiger partial charge is 0.460 e. The van der Waals surface area contributed by atoms with Crippen molar-refractivity contribution < 1.29 is 93.2 Å². The number of allylic oxidation sites excluding steroid dienone is 6. The van der Waals surface area contributed by atoms with Gasteiger partial charge in [0.1, 0.15) is 54.6 Å². The summed E-state index contributed by atoms with van der Waals surface area (Å²) in [4.78, 5) is 72.8. The normalized spacial score (nSPS) is 37.4. The van der Waals surface area contributed by atoms with Crippen molar-refractivity contribution in [3.05, 3.63) is 47.6 Å². The molecule has 19 atom stereocenters. The Morgan fingerprint density at radius 2 is 1.51 bits per heavy atom. The molecule has 2 saturated heterocycles. The maximum Gasteiger partial charge on any atom is 0.329 e. The van der Waals surface area contributed by atoms with Gasteiger partial charge in [-0.3, -0.25) is 19.2 Å². The van der Waals surface area contributed by atoms with Gasteiger partial charge in [-0.1, -0.05) is 71.1 Å². The van der Waals surface area contributed by atoms with Crippen LogP contribution in [0.2, 0.25) is 0 Å². The first-order valence-electron chi connectivity index (χ1n) is 28.1. The SMILES string of the molecule is COC1C(=O)[C@H](C)C[C@H](C)/C=C/C=C/C=C(\C)C(OCC(O)C(O)C(O)C(O)CO)C[C@@H]2CC[C@@H](C)[C@@](O)(O2)C(=O)C(=O)N2CCCC[C@H]2C(=O)O[C@H]([C@H](C)C[C@@H]2CC[C@@H](OCCO)[C@H](OC)C2)CC(=O)[C@H](C)/C=C(\C)[C@H]1O. The molecule has 6 unspecified atom stereocenters. The number of nitrogens with zero attached hydrogens (tertiary/aromatic N) is 1. The van der Waals surface area contributed by atoms with Crippen molar-refractivity contribution in [1.82, 2.24) is 4.90 Å². The lowest BCUT2D eigenvalue weighted by Gasteiger charge is -2.43. The second-order valence-electron chi connectivity index (χ2n) is 22.6. The van der Waals surface area contributed by atoms with Crippen molar-refractivity contribution in [3.63, 3.8) is 0 Å². The predicted molar refractivity (Wildman–Crippen MR) is 286 cm³/mol. The van der Waals surface area contributed by atoms with Gasteiger partial charge in [-0.25, -0.2) is 4.79 Å². The number of amides is 1. The van der Waals surface area contributed by atoms with Crippen molar-refractivity contribution in [3.8, 4) is 0 Å². The van der Waals surface area contributed by atoms with E-state index in [-0.39, 0.29) is 81.1 Å². The molecule has 4 aliphatic rings. The molecule has 1 aliphatic carbocycles. The molecular weight excluding hydrogens is 1010 g/mol. The van der Waals surface area contributed by atoms with Crippen LogP contribution < -0.4 is 0 Å². The summed E-state index contributed by atoms with van der Waals surface area (Å²) in [5.41, 5.74) is 0.910. The molecule has 444 valence electrons. The third-order valence-electron chi connectivity index (χ3n) is 16.4. The van der Waals surface area contributed by atoms with Crippen LogP contribution in [-0.2, 0) is 52.4 Å². The summed E-state index contributed by atoms with van der Waals surface area (Å²) < 4.78 is 35.9. The smallest absolute Gasteiger partial charge is 0.329 e. The number of hydrogen-bond acceptors (Lipinski definition) is 19. The van der Waals surface area contributed by atoms with E-state index in [1.165, 1.54) is 7.11 Å². The van der Waals surface area contributed by atoms with E-state index in [0.717, 1.165) is 11.3 Å². The molecule has 3 aliphatic heterocycles. The molecular formula is C58H93NO19. The lowest BCUT2D eigenvalue weighted by Crippen LogP contribution is -2.61. The first-order valence-corrected chi connectivity index (χ1v) is 28.1. The molecule has 0 aromatic heterocycles. The molecule has 2 bridgehead atoms. The van der Waals surface area contributed by atoms with Gasteiger partial charge in [0.25, 0.3) is 11.7 Å². The Morgan fingerprint density at radius 3 is 2.18 bits per heavy atom. The molecule has 4 rings (SSSR count). The molecule has 0 radical (unpaired) electrons. The molecule has 8 N–H and O–H groups in total. The lowest BCUT2D eigenvalue weighted by atomic mass is 9.78. The average Bonchev–Trinajstić information content (AvgIpc) is 3.46. The minimum atomic E-state index is -2.64. The zero-order chi connectivity index (χ0) is 58.0. The number of rotatable bonds is 15. The number of carbonyl (C=O) groups is 5. The number of carbonyl (C=O) groups excluding carboxylic acids is 5. The van der Waals surface area contributed by atoms with Crippen LogP contribution in [0.1, 0.15) is 126 Å². The van der Waals surface area contributed by atoms with E-state index >= 15 is 0 Å². The molecule has 20 heteroatoms. The molecule has 1 saturated carbocycles. The summed E-state index contributed by atoms with van der Waals surface area (Å²) >= 11 is 0. The van der Waals surface area contributed by atoms with E-state index in [0.29, 0.717) is 56.1 Å². The highest BCUT2D eigenvalue weighted by molar-refractivity contribution is 6.39. The Bertz CT molecular complexity index is 2060. The van der Waals surface area contributed by atoms with Gasteiger partial charge in [0.15, 0.2) is 5.78 Å². The monoisotopic (exact) mass is 1110 g/mol. The fraction of sp³-hybridized carbons (Fsp3) is 0.776. The highest BCUT2D eigenvalue weighted by atomic mass is 16.6. The van der Waals surface area contributed by atoms with E-state index in [4.69, 9.17) is 28.4 Å². The summed E-state index contributed by atoms with van der Waals surface area (Å²) in [5.74, 6) is -9.15. The average molecular weight is 1110 g/mol. The van der Waals surface area contributed by atoms with Gasteiger partial charge in [-0.15, -0.1) is 0 Å². The number of cyclic esters (lactones) is 1. The van der Waals surface area contributed by atoms with Crippen LogP contribution in [0.25, 0.3) is 0 Å². The minimum Gasteiger partial charge on any atom is -0.460 e. The summed E-state index contributed by atoms with van der Waals surface area (Å²) in [6.07, 6.45) is 1.60. The first-order chi connectivity index (χ1) is 36.9. The van der Waals surface area contributed by atoms with Crippen molar-refractivity contribution in [2.24, 2.45) is 35.5 Å². The molecule has 3 fully saturated rings. The molecule has 3 heterocycles. The van der Waals surface area contributed by atoms with Crippen LogP contribution in [0, 0.1) is 35.5 Å². The van der Waals surface area contributed by atoms with Gasteiger partial charge in [-0.05, 0) is 107 Å². The van der Waals surface area contributed by atoms with Gasteiger partial charge in [0.05, 0.1) is 50.8 Å². The van der Waals surface area contributed by atoms with Crippen LogP contribution in [0.15, 0.2) is 47.6 Å². The number of piperidine rings is 1. The van der Waals surface area contributed by atoms with Gasteiger partial charge in [0, 0.05) is 51.4 Å². The number of aliphatic hydroxyl groups is 8. The zero-order valence-electron chi connectivity index (χ0n) is 47.4. The summed E-state index contributed by atoms with van der Waals surface area (Å²) in [6.45, 7) is 10.8. The Hall–Kier alpha value is -3.61. The number of fused-ring (bicyclic) bond motifs is 3. The highest BCUT2D eigenvalue weighted by Crippen LogP contribution is 2.38. The number of ketones is 3. The number of aliphatic hydroxyl groups excluding tert-OH is 7. The number of esters is 1. The number of Topliss-reactive ketones (excluding diaryl/α,β-unsaturated/α-hetero) is 3. The Kier molecular flexibility index (Phi) is 27.6. The molecule has 0 aromatic rings. The van der Waals surface area contributed by atoms with Gasteiger partial charge >= 0.3 is 5.97 Å². The molecule has 20 nitrogen and oxygen atoms in total. The number of methoxy groups -OCH3 is 2. The van der Waals surface area contributed by atoms with Gasteiger partial charge < -0.3 is 74.2 Å². The maximum absolute atomic E-state index is 14.6. The van der Waals surface area contributed by atoms with E-state index in [1.807, 2.05) is 19.9 Å². The summed E-state index contributed by atoms with van der Waals surface area (Å²) in [6, 6.07) is -1.25. The topological polar surface area (TPSA) is 306 Å². The second-order valence-corrected chi connectivity index (χ2v) is 22.6. The maximum atomic E-state index is 14.6. The van der Waals surface area contributed by atoms with Crippen molar-refractivity contribution in [1.29, 1.82) is 0 Å². The Labute approximate surface area is 460 Å². The van der Waals surface area contributed by atoms with Crippen LogP contribution in [-0.4, -0.2) is 201 Å². The van der Waals surface area contributed by atoms with E-state index in [2.05, 4.69) is 0 Å². The van der Waals surface area contributed by atoms with Gasteiger partial charge in [-0.2, -0.15) is 0 Å². The van der Waals surface area contributed by atoms with Crippen molar-refractivity contribution in [2.45, 2.75) is 204 Å². The molecule has 0 aromatic carbocycles. The van der Waals surface area contributed by atoms with Gasteiger partial charge in [0.2, 0.25) is 5.79 Å². The number of ether oxygens (including phenoxy) is 6. The molecule has 1 amide bonds. The lowest BCUT2D eigenvalue weighted by molar-refractivity contribution is -0.266. The second kappa shape index (κ2) is 32.1. The first kappa shape index (κ1) is 66.9. The van der Waals surface area contributed by atoms with Crippen LogP contribution in [0.3, 0.4) is 0 Å². The highest BCUT2D eigenvalue weighted by Gasteiger charge is 2.53. The Morgan fingerprint density at radius 1 is 0.808 bits per heavy atom.